The first-order valence-corrected chi connectivity index (χ1v) is 5.67. The predicted octanol–water partition coefficient (Wildman–Crippen LogP) is 0.544. The minimum absolute atomic E-state index is 0.0111. The number of nitrogens with zero attached hydrogens (tertiary/aromatic N) is 1. The van der Waals surface area contributed by atoms with E-state index in [9.17, 15) is 9.59 Å². The van der Waals surface area contributed by atoms with Gasteiger partial charge in [0.2, 0.25) is 0 Å². The highest BCUT2D eigenvalue weighted by atomic mass is 16.5. The lowest BCUT2D eigenvalue weighted by Gasteiger charge is -2.33. The van der Waals surface area contributed by atoms with Gasteiger partial charge in [-0.3, -0.25) is 9.59 Å². The Morgan fingerprint density at radius 2 is 2.35 bits per heavy atom. The number of morpholine rings is 1. The van der Waals surface area contributed by atoms with Crippen LogP contribution in [0.3, 0.4) is 0 Å². The Bertz CT molecular complexity index is 481. The third-order valence-electron chi connectivity index (χ3n) is 2.92. The largest absolute Gasteiger partial charge is 0.377 e. The SMILES string of the molecule is Cc1cc(=O)c(C(=O)N2CCOCC2C)c[nH]1. The molecule has 2 rings (SSSR count). The molecule has 2 heterocycles. The van der Waals surface area contributed by atoms with Crippen LogP contribution in [0.15, 0.2) is 17.1 Å². The van der Waals surface area contributed by atoms with Crippen molar-refractivity contribution in [2.75, 3.05) is 19.8 Å². The monoisotopic (exact) mass is 236 g/mol. The summed E-state index contributed by atoms with van der Waals surface area (Å²) in [6.45, 7) is 5.29. The number of nitrogens with one attached hydrogen (secondary N) is 1. The molecule has 17 heavy (non-hydrogen) atoms. The van der Waals surface area contributed by atoms with Gasteiger partial charge < -0.3 is 14.6 Å². The third-order valence-corrected chi connectivity index (χ3v) is 2.92. The van der Waals surface area contributed by atoms with Gasteiger partial charge >= 0.3 is 0 Å². The summed E-state index contributed by atoms with van der Waals surface area (Å²) in [6.07, 6.45) is 1.49. The van der Waals surface area contributed by atoms with Gasteiger partial charge in [-0.25, -0.2) is 0 Å². The standard InChI is InChI=1S/C12H16N2O3/c1-8-5-11(15)10(6-13-8)12(16)14-3-4-17-7-9(14)2/h5-6,9H,3-4,7H2,1-2H3,(H,13,15). The Labute approximate surface area is 99.4 Å². The van der Waals surface area contributed by atoms with Crippen molar-refractivity contribution in [3.05, 3.63) is 33.7 Å². The maximum Gasteiger partial charge on any atom is 0.259 e. The van der Waals surface area contributed by atoms with Gasteiger partial charge in [-0.15, -0.1) is 0 Å². The normalized spacial score (nSPS) is 20.4. The molecule has 1 amide bonds. The van der Waals surface area contributed by atoms with E-state index in [1.165, 1.54) is 12.3 Å². The summed E-state index contributed by atoms with van der Waals surface area (Å²) in [6, 6.07) is 1.45. The third kappa shape index (κ3) is 2.39. The number of aryl methyl sites for hydroxylation is 1. The number of rotatable bonds is 1. The van der Waals surface area contributed by atoms with E-state index in [2.05, 4.69) is 4.98 Å². The number of carbonyl (C=O) groups excluding carboxylic acids is 1. The minimum Gasteiger partial charge on any atom is -0.377 e. The van der Waals surface area contributed by atoms with Gasteiger partial charge in [-0.05, 0) is 13.8 Å². The number of aromatic nitrogens is 1. The van der Waals surface area contributed by atoms with Crippen LogP contribution in [0.1, 0.15) is 23.0 Å². The van der Waals surface area contributed by atoms with Crippen LogP contribution in [0.2, 0.25) is 0 Å². The number of H-pyrrole nitrogens is 1. The van der Waals surface area contributed by atoms with E-state index in [1.807, 2.05) is 6.92 Å². The molecule has 1 unspecified atom stereocenters. The van der Waals surface area contributed by atoms with Crippen molar-refractivity contribution in [3.8, 4) is 0 Å². The molecule has 0 bridgehead atoms. The van der Waals surface area contributed by atoms with Crippen LogP contribution in [-0.4, -0.2) is 41.6 Å². The molecule has 1 aliphatic rings. The highest BCUT2D eigenvalue weighted by molar-refractivity contribution is 5.94. The van der Waals surface area contributed by atoms with Crippen LogP contribution >= 0.6 is 0 Å². The van der Waals surface area contributed by atoms with E-state index in [0.29, 0.717) is 19.8 Å². The van der Waals surface area contributed by atoms with Crippen LogP contribution in [0.25, 0.3) is 0 Å². The van der Waals surface area contributed by atoms with E-state index >= 15 is 0 Å². The molecule has 92 valence electrons. The van der Waals surface area contributed by atoms with Crippen LogP contribution in [0.4, 0.5) is 0 Å². The first kappa shape index (κ1) is 11.9. The Morgan fingerprint density at radius 1 is 1.59 bits per heavy atom. The second kappa shape index (κ2) is 4.71. The smallest absolute Gasteiger partial charge is 0.259 e. The summed E-state index contributed by atoms with van der Waals surface area (Å²) < 4.78 is 5.27. The molecule has 0 saturated carbocycles. The molecular formula is C12H16N2O3. The van der Waals surface area contributed by atoms with Gasteiger partial charge in [-0.1, -0.05) is 0 Å². The van der Waals surface area contributed by atoms with Crippen LogP contribution in [0.5, 0.6) is 0 Å². The lowest BCUT2D eigenvalue weighted by molar-refractivity contribution is 0.00350. The van der Waals surface area contributed by atoms with Crippen molar-refractivity contribution in [1.29, 1.82) is 0 Å². The van der Waals surface area contributed by atoms with Crippen molar-refractivity contribution >= 4 is 5.91 Å². The van der Waals surface area contributed by atoms with Gasteiger partial charge in [0, 0.05) is 24.5 Å². The van der Waals surface area contributed by atoms with Crippen LogP contribution < -0.4 is 5.43 Å². The zero-order chi connectivity index (χ0) is 12.4. The van der Waals surface area contributed by atoms with E-state index < -0.39 is 0 Å². The van der Waals surface area contributed by atoms with Crippen LogP contribution in [-0.2, 0) is 4.74 Å². The average Bonchev–Trinajstić information content (AvgIpc) is 2.29. The van der Waals surface area contributed by atoms with E-state index in [-0.39, 0.29) is 22.9 Å². The summed E-state index contributed by atoms with van der Waals surface area (Å²) in [7, 11) is 0. The summed E-state index contributed by atoms with van der Waals surface area (Å²) >= 11 is 0. The fourth-order valence-electron chi connectivity index (χ4n) is 1.92. The summed E-state index contributed by atoms with van der Waals surface area (Å²) in [4.78, 5) is 28.5. The van der Waals surface area contributed by atoms with Crippen LogP contribution in [0, 0.1) is 6.92 Å². The molecule has 1 fully saturated rings. The number of hydrogen-bond acceptors (Lipinski definition) is 3. The quantitative estimate of drug-likeness (QED) is 0.774. The molecule has 5 nitrogen and oxygen atoms in total. The molecule has 1 aliphatic heterocycles. The Hall–Kier alpha value is -1.62. The summed E-state index contributed by atoms with van der Waals surface area (Å²) in [5, 5.41) is 0. The van der Waals surface area contributed by atoms with Gasteiger partial charge in [-0.2, -0.15) is 0 Å². The van der Waals surface area contributed by atoms with Crippen molar-refractivity contribution in [2.24, 2.45) is 0 Å². The zero-order valence-corrected chi connectivity index (χ0v) is 10.0. The van der Waals surface area contributed by atoms with Crippen molar-refractivity contribution < 1.29 is 9.53 Å². The van der Waals surface area contributed by atoms with Gasteiger partial charge in [0.1, 0.15) is 5.56 Å². The number of ether oxygens (including phenoxy) is 1. The van der Waals surface area contributed by atoms with E-state index in [4.69, 9.17) is 4.74 Å². The van der Waals surface area contributed by atoms with Crippen molar-refractivity contribution in [3.63, 3.8) is 0 Å². The number of hydrogen-bond donors (Lipinski definition) is 1. The van der Waals surface area contributed by atoms with Crippen molar-refractivity contribution in [1.82, 2.24) is 9.88 Å². The topological polar surface area (TPSA) is 62.4 Å². The zero-order valence-electron chi connectivity index (χ0n) is 10.0. The Kier molecular flexibility index (Phi) is 3.28. The lowest BCUT2D eigenvalue weighted by atomic mass is 10.1. The van der Waals surface area contributed by atoms with Gasteiger partial charge in [0.15, 0.2) is 5.43 Å². The molecule has 1 aromatic heterocycles. The number of carbonyl (C=O) groups is 1. The second-order valence-corrected chi connectivity index (χ2v) is 4.32. The van der Waals surface area contributed by atoms with Gasteiger partial charge in [0.25, 0.3) is 5.91 Å². The Balaban J connectivity index is 2.27. The molecule has 1 aromatic rings. The van der Waals surface area contributed by atoms with E-state index in [1.54, 1.807) is 11.8 Å². The maximum absolute atomic E-state index is 12.2. The maximum atomic E-state index is 12.2. The molecule has 0 radical (unpaired) electrons. The fraction of sp³-hybridized carbons (Fsp3) is 0.500. The number of aromatic amines is 1. The summed E-state index contributed by atoms with van der Waals surface area (Å²) in [5.74, 6) is -0.220. The first-order valence-electron chi connectivity index (χ1n) is 5.67. The summed E-state index contributed by atoms with van der Waals surface area (Å²) in [5.41, 5.74) is 0.718. The molecule has 0 aliphatic carbocycles. The molecule has 1 atom stereocenters. The average molecular weight is 236 g/mol. The molecule has 1 N–H and O–H groups in total. The highest BCUT2D eigenvalue weighted by Gasteiger charge is 2.26. The molecular weight excluding hydrogens is 220 g/mol. The minimum atomic E-state index is -0.232. The Morgan fingerprint density at radius 3 is 3.00 bits per heavy atom. The first-order chi connectivity index (χ1) is 8.09. The van der Waals surface area contributed by atoms with Gasteiger partial charge in [0.05, 0.1) is 19.3 Å². The highest BCUT2D eigenvalue weighted by Crippen LogP contribution is 2.09. The molecule has 1 saturated heterocycles. The molecule has 5 heteroatoms. The molecule has 0 spiro atoms. The number of amides is 1. The lowest BCUT2D eigenvalue weighted by Crippen LogP contribution is -2.48. The fourth-order valence-corrected chi connectivity index (χ4v) is 1.92. The second-order valence-electron chi connectivity index (χ2n) is 4.32. The molecule has 0 aromatic carbocycles. The number of pyridine rings is 1. The van der Waals surface area contributed by atoms with Crippen molar-refractivity contribution in [2.45, 2.75) is 19.9 Å². The van der Waals surface area contributed by atoms with E-state index in [0.717, 1.165) is 5.69 Å². The predicted molar refractivity (Wildman–Crippen MR) is 63.1 cm³/mol.